The Labute approximate surface area is 247 Å². The van der Waals surface area contributed by atoms with Crippen molar-refractivity contribution in [1.82, 2.24) is 25.2 Å². The highest BCUT2D eigenvalue weighted by Crippen LogP contribution is 2.31. The predicted molar refractivity (Wildman–Crippen MR) is 151 cm³/mol. The number of nitrogens with one attached hydrogen (secondary N) is 1. The number of aromatic nitrogens is 4. The van der Waals surface area contributed by atoms with Crippen molar-refractivity contribution in [2.45, 2.75) is 18.1 Å². The molecular formula is C29H25F2N7O6. The summed E-state index contributed by atoms with van der Waals surface area (Å²) in [5.41, 5.74) is 4.04. The van der Waals surface area contributed by atoms with E-state index in [2.05, 4.69) is 20.6 Å². The van der Waals surface area contributed by atoms with Gasteiger partial charge >= 0.3 is 0 Å². The largest absolute Gasteiger partial charge is 0.507 e. The van der Waals surface area contributed by atoms with Crippen LogP contribution in [0, 0.1) is 11.6 Å². The van der Waals surface area contributed by atoms with Crippen LogP contribution in [0.15, 0.2) is 71.6 Å². The molecule has 5 N–H and O–H groups in total. The summed E-state index contributed by atoms with van der Waals surface area (Å²) in [6.07, 6.45) is 2.01. The average Bonchev–Trinajstić information content (AvgIpc) is 3.59. The van der Waals surface area contributed by atoms with Gasteiger partial charge in [0, 0.05) is 18.8 Å². The Kier molecular flexibility index (Phi) is 7.40. The van der Waals surface area contributed by atoms with Crippen LogP contribution in [-0.2, 0) is 16.0 Å². The van der Waals surface area contributed by atoms with Crippen LogP contribution in [0.4, 0.5) is 20.4 Å². The number of ether oxygens (including phenoxy) is 1. The lowest BCUT2D eigenvalue weighted by atomic mass is 9.86. The molecule has 44 heavy (non-hydrogen) atoms. The van der Waals surface area contributed by atoms with E-state index in [1.54, 1.807) is 12.1 Å². The first-order valence-electron chi connectivity index (χ1n) is 13.3. The van der Waals surface area contributed by atoms with Crippen molar-refractivity contribution in [3.8, 4) is 11.4 Å². The van der Waals surface area contributed by atoms with E-state index >= 15 is 4.39 Å². The van der Waals surface area contributed by atoms with E-state index in [4.69, 9.17) is 15.0 Å². The molecule has 0 saturated carbocycles. The molecule has 2 aromatic carbocycles. The van der Waals surface area contributed by atoms with Crippen molar-refractivity contribution >= 4 is 34.4 Å². The summed E-state index contributed by atoms with van der Waals surface area (Å²) in [4.78, 5) is 31.8. The number of anilines is 2. The quantitative estimate of drug-likeness (QED) is 0.204. The molecule has 4 heterocycles. The van der Waals surface area contributed by atoms with E-state index < -0.39 is 48.1 Å². The van der Waals surface area contributed by atoms with Gasteiger partial charge in [0.1, 0.15) is 22.6 Å². The molecule has 1 unspecified atom stereocenters. The number of nitrogen functional groups attached to an aromatic ring is 1. The van der Waals surface area contributed by atoms with Gasteiger partial charge in [-0.05, 0) is 42.0 Å². The number of nitrogens with two attached hydrogens (primary N) is 1. The fourth-order valence-electron chi connectivity index (χ4n) is 5.13. The number of fused-ring (bicyclic) bond motifs is 1. The summed E-state index contributed by atoms with van der Waals surface area (Å²) in [6, 6.07) is 11.4. The van der Waals surface area contributed by atoms with Crippen molar-refractivity contribution in [3.05, 3.63) is 89.9 Å². The predicted octanol–water partition coefficient (Wildman–Crippen LogP) is 2.11. The van der Waals surface area contributed by atoms with Crippen LogP contribution in [0.2, 0.25) is 0 Å². The fraction of sp³-hybridized carbons (Fsp3) is 0.207. The maximum atomic E-state index is 15.2. The second-order valence-corrected chi connectivity index (χ2v) is 10.2. The molecule has 5 aromatic rings. The number of pyridine rings is 1. The minimum absolute atomic E-state index is 0.000619. The third-order valence-corrected chi connectivity index (χ3v) is 7.24. The summed E-state index contributed by atoms with van der Waals surface area (Å²) < 4.78 is 42.2. The Morgan fingerprint density at radius 3 is 2.70 bits per heavy atom. The van der Waals surface area contributed by atoms with Crippen LogP contribution in [0.5, 0.6) is 5.75 Å². The normalized spacial score (nSPS) is 16.7. The van der Waals surface area contributed by atoms with Crippen molar-refractivity contribution in [2.75, 3.05) is 30.3 Å². The van der Waals surface area contributed by atoms with Crippen LogP contribution in [0.3, 0.4) is 0 Å². The number of hydrogen-bond donors (Lipinski definition) is 4. The smallest absolute Gasteiger partial charge is 0.260 e. The number of hydrogen-bond acceptors (Lipinski definition) is 10. The molecule has 0 bridgehead atoms. The van der Waals surface area contributed by atoms with E-state index in [0.717, 1.165) is 17.2 Å². The third kappa shape index (κ3) is 5.29. The van der Waals surface area contributed by atoms with E-state index in [1.165, 1.54) is 47.4 Å². The van der Waals surface area contributed by atoms with Gasteiger partial charge in [0.2, 0.25) is 0 Å². The monoisotopic (exact) mass is 605 g/mol. The molecule has 6 rings (SSSR count). The average molecular weight is 606 g/mol. The number of amides is 2. The highest BCUT2D eigenvalue weighted by Gasteiger charge is 2.48. The molecule has 2 amide bonds. The van der Waals surface area contributed by atoms with Gasteiger partial charge in [-0.1, -0.05) is 17.3 Å². The fourth-order valence-corrected chi connectivity index (χ4v) is 5.13. The second kappa shape index (κ2) is 11.3. The number of benzene rings is 2. The van der Waals surface area contributed by atoms with Gasteiger partial charge in [-0.3, -0.25) is 19.5 Å². The second-order valence-electron chi connectivity index (χ2n) is 10.2. The lowest BCUT2D eigenvalue weighted by Crippen LogP contribution is -2.63. The maximum Gasteiger partial charge on any atom is 0.260 e. The Balaban J connectivity index is 1.33. The summed E-state index contributed by atoms with van der Waals surface area (Å²) in [5, 5.41) is 32.4. The Morgan fingerprint density at radius 1 is 1.16 bits per heavy atom. The number of halogens is 2. The van der Waals surface area contributed by atoms with Crippen LogP contribution < -0.4 is 16.0 Å². The summed E-state index contributed by atoms with van der Waals surface area (Å²) in [7, 11) is 0. The number of aliphatic hydroxyl groups is 1. The van der Waals surface area contributed by atoms with Crippen molar-refractivity contribution < 1.29 is 37.8 Å². The zero-order chi connectivity index (χ0) is 31.0. The minimum atomic E-state index is -2.22. The molecule has 1 aliphatic heterocycles. The van der Waals surface area contributed by atoms with Gasteiger partial charge in [-0.15, -0.1) is 5.10 Å². The van der Waals surface area contributed by atoms with E-state index in [0.29, 0.717) is 5.69 Å². The van der Waals surface area contributed by atoms with Crippen molar-refractivity contribution in [2.24, 2.45) is 0 Å². The molecule has 3 aromatic heterocycles. The molecule has 0 aliphatic carbocycles. The van der Waals surface area contributed by atoms with Gasteiger partial charge in [0.15, 0.2) is 29.1 Å². The topological polar surface area (TPSA) is 182 Å². The zero-order valence-electron chi connectivity index (χ0n) is 22.9. The van der Waals surface area contributed by atoms with Gasteiger partial charge < -0.3 is 30.5 Å². The number of nitrogens with zero attached hydrogens (tertiary/aromatic N) is 5. The van der Waals surface area contributed by atoms with Gasteiger partial charge in [-0.25, -0.2) is 13.5 Å². The molecular weight excluding hydrogens is 580 g/mol. The van der Waals surface area contributed by atoms with Gasteiger partial charge in [0.25, 0.3) is 11.8 Å². The lowest BCUT2D eigenvalue weighted by Gasteiger charge is -2.40. The molecule has 2 atom stereocenters. The maximum absolute atomic E-state index is 15.2. The summed E-state index contributed by atoms with van der Waals surface area (Å²) >= 11 is 0. The molecule has 0 spiro atoms. The molecule has 226 valence electrons. The van der Waals surface area contributed by atoms with E-state index in [1.807, 2.05) is 0 Å². The molecule has 15 heteroatoms. The van der Waals surface area contributed by atoms with Crippen LogP contribution in [0.25, 0.3) is 16.7 Å². The highest BCUT2D eigenvalue weighted by molar-refractivity contribution is 5.98. The van der Waals surface area contributed by atoms with Crippen LogP contribution in [-0.4, -0.2) is 73.3 Å². The Morgan fingerprint density at radius 2 is 1.93 bits per heavy atom. The number of aromatic hydroxyl groups is 1. The molecule has 13 nitrogen and oxygen atoms in total. The number of phenols is 1. The van der Waals surface area contributed by atoms with Gasteiger partial charge in [0.05, 0.1) is 37.1 Å². The van der Waals surface area contributed by atoms with E-state index in [-0.39, 0.29) is 52.6 Å². The molecule has 1 aliphatic rings. The lowest BCUT2D eigenvalue weighted by molar-refractivity contribution is -0.157. The number of carbonyl (C=O) groups excluding carboxylic acids is 2. The molecule has 1 fully saturated rings. The van der Waals surface area contributed by atoms with Crippen molar-refractivity contribution in [1.29, 1.82) is 0 Å². The standard InChI is InChI=1S/C29H25F2N7O6/c30-19-11-16(12-22-23(19)25(32)36-44-22)13-29(42,15-34-27(40)18-3-1-2-4-21(18)39)24-28(41)37(9-10-43-24)26-20(31)14-38(35-26)17-5-7-33-8-6-17/h1-8,11-12,14,24,39,42H,9-10,13,15H2,(H2,32,36)(H,34,40)/t24-,29?/m0/s1. The number of para-hydroxylation sites is 1. The SMILES string of the molecule is Nc1noc2cc(CC(O)(CNC(=O)c3ccccc3O)[C@H]3OCCN(c4nn(-c5ccncc5)cc4F)C3=O)cc(F)c12. The summed E-state index contributed by atoms with van der Waals surface area (Å²) in [6.45, 7) is -0.797. The van der Waals surface area contributed by atoms with E-state index in [9.17, 15) is 24.2 Å². The summed E-state index contributed by atoms with van der Waals surface area (Å²) in [5.74, 6) is -3.95. The first kappa shape index (κ1) is 28.7. The Bertz CT molecular complexity index is 1860. The Hall–Kier alpha value is -5.41. The zero-order valence-corrected chi connectivity index (χ0v) is 22.9. The van der Waals surface area contributed by atoms with Crippen molar-refractivity contribution in [3.63, 3.8) is 0 Å². The van der Waals surface area contributed by atoms with Gasteiger partial charge in [-0.2, -0.15) is 0 Å². The van der Waals surface area contributed by atoms with Crippen LogP contribution >= 0.6 is 0 Å². The third-order valence-electron chi connectivity index (χ3n) is 7.24. The molecule has 1 saturated heterocycles. The number of phenolic OH excluding ortho intramolecular Hbond substituents is 1. The number of rotatable bonds is 8. The first-order valence-corrected chi connectivity index (χ1v) is 13.3. The minimum Gasteiger partial charge on any atom is -0.507 e. The number of carbonyl (C=O) groups is 2. The molecule has 0 radical (unpaired) electrons. The van der Waals surface area contributed by atoms with Crippen LogP contribution in [0.1, 0.15) is 15.9 Å². The first-order chi connectivity index (χ1) is 21.1. The number of morpholine rings is 1. The highest BCUT2D eigenvalue weighted by atomic mass is 19.1.